The van der Waals surface area contributed by atoms with Crippen molar-refractivity contribution < 1.29 is 14.3 Å². The highest BCUT2D eigenvalue weighted by Gasteiger charge is 2.13. The van der Waals surface area contributed by atoms with Gasteiger partial charge in [-0.05, 0) is 43.3 Å². The Morgan fingerprint density at radius 3 is 2.40 bits per heavy atom. The second kappa shape index (κ2) is 10.2. The van der Waals surface area contributed by atoms with Gasteiger partial charge in [-0.2, -0.15) is 0 Å². The van der Waals surface area contributed by atoms with Crippen LogP contribution in [-0.4, -0.2) is 19.6 Å². The van der Waals surface area contributed by atoms with Crippen molar-refractivity contribution in [2.75, 3.05) is 24.4 Å². The van der Waals surface area contributed by atoms with Gasteiger partial charge >= 0.3 is 0 Å². The van der Waals surface area contributed by atoms with Crippen molar-refractivity contribution in [1.29, 1.82) is 0 Å². The Morgan fingerprint density at radius 1 is 0.967 bits per heavy atom. The average Bonchev–Trinajstić information content (AvgIpc) is 2.74. The van der Waals surface area contributed by atoms with Gasteiger partial charge in [-0.25, -0.2) is 0 Å². The molecule has 156 valence electrons. The quantitative estimate of drug-likeness (QED) is 0.451. The predicted octanol–water partition coefficient (Wildman–Crippen LogP) is 5.94. The van der Waals surface area contributed by atoms with Crippen LogP contribution in [0.3, 0.4) is 0 Å². The van der Waals surface area contributed by atoms with Crippen LogP contribution in [-0.2, 0) is 11.3 Å². The molecule has 0 atom stereocenters. The Hall–Kier alpha value is -2.89. The highest BCUT2D eigenvalue weighted by molar-refractivity contribution is 6.42. The lowest BCUT2D eigenvalue weighted by molar-refractivity contribution is -0.118. The largest absolute Gasteiger partial charge is 0.493 e. The number of amides is 1. The van der Waals surface area contributed by atoms with E-state index in [9.17, 15) is 4.79 Å². The molecule has 7 heteroatoms. The van der Waals surface area contributed by atoms with Crippen LogP contribution < -0.4 is 20.1 Å². The van der Waals surface area contributed by atoms with E-state index in [4.69, 9.17) is 32.7 Å². The number of methoxy groups -OCH3 is 1. The molecule has 0 aliphatic heterocycles. The van der Waals surface area contributed by atoms with E-state index in [0.717, 1.165) is 22.5 Å². The Labute approximate surface area is 185 Å². The minimum atomic E-state index is -0.256. The average molecular weight is 445 g/mol. The van der Waals surface area contributed by atoms with E-state index in [1.165, 1.54) is 0 Å². The van der Waals surface area contributed by atoms with Gasteiger partial charge in [0, 0.05) is 23.5 Å². The van der Waals surface area contributed by atoms with Gasteiger partial charge in [0.1, 0.15) is 0 Å². The molecule has 0 fully saturated rings. The minimum Gasteiger partial charge on any atom is -0.493 e. The molecule has 0 radical (unpaired) electrons. The Kier molecular flexibility index (Phi) is 7.44. The number of nitrogens with one attached hydrogen (secondary N) is 2. The molecule has 1 amide bonds. The third kappa shape index (κ3) is 5.81. The third-order valence-corrected chi connectivity index (χ3v) is 5.10. The van der Waals surface area contributed by atoms with E-state index in [2.05, 4.69) is 10.6 Å². The number of benzene rings is 3. The number of hydrogen-bond donors (Lipinski definition) is 2. The molecular formula is C23H22Cl2N2O3. The van der Waals surface area contributed by atoms with Gasteiger partial charge in [-0.1, -0.05) is 53.0 Å². The molecule has 0 saturated carbocycles. The standard InChI is InChI=1S/C23H22Cl2N2O3/c1-15-6-8-17(9-7-15)27-22(28)14-30-23-16(4-3-5-21(23)29-2)13-26-18-10-11-19(24)20(25)12-18/h3-12,26H,13-14H2,1-2H3,(H,27,28). The van der Waals surface area contributed by atoms with Crippen molar-refractivity contribution in [1.82, 2.24) is 0 Å². The Balaban J connectivity index is 1.67. The first kappa shape index (κ1) is 21.8. The second-order valence-electron chi connectivity index (χ2n) is 6.63. The molecule has 5 nitrogen and oxygen atoms in total. The molecule has 30 heavy (non-hydrogen) atoms. The summed E-state index contributed by atoms with van der Waals surface area (Å²) in [5.41, 5.74) is 3.49. The molecule has 0 aliphatic carbocycles. The normalized spacial score (nSPS) is 10.4. The lowest BCUT2D eigenvalue weighted by atomic mass is 10.1. The van der Waals surface area contributed by atoms with Crippen LogP contribution in [0.2, 0.25) is 10.0 Å². The number of hydrogen-bond acceptors (Lipinski definition) is 4. The van der Waals surface area contributed by atoms with Crippen LogP contribution >= 0.6 is 23.2 Å². The maximum atomic E-state index is 12.3. The molecule has 2 N–H and O–H groups in total. The van der Waals surface area contributed by atoms with Gasteiger partial charge in [0.05, 0.1) is 17.2 Å². The number of aryl methyl sites for hydroxylation is 1. The smallest absolute Gasteiger partial charge is 0.262 e. The number of carbonyl (C=O) groups is 1. The zero-order valence-electron chi connectivity index (χ0n) is 16.7. The van der Waals surface area contributed by atoms with Gasteiger partial charge < -0.3 is 20.1 Å². The molecule has 0 unspecified atom stereocenters. The molecule has 3 rings (SSSR count). The van der Waals surface area contributed by atoms with E-state index in [0.29, 0.717) is 28.1 Å². The molecule has 0 aromatic heterocycles. The highest BCUT2D eigenvalue weighted by atomic mass is 35.5. The number of rotatable bonds is 8. The maximum Gasteiger partial charge on any atom is 0.262 e. The fourth-order valence-electron chi connectivity index (χ4n) is 2.80. The Bertz CT molecular complexity index is 1020. The SMILES string of the molecule is COc1cccc(CNc2ccc(Cl)c(Cl)c2)c1OCC(=O)Nc1ccc(C)cc1. The number of halogens is 2. The Morgan fingerprint density at radius 2 is 1.70 bits per heavy atom. The summed E-state index contributed by atoms with van der Waals surface area (Å²) in [5, 5.41) is 7.05. The molecule has 0 saturated heterocycles. The van der Waals surface area contributed by atoms with E-state index >= 15 is 0 Å². The van der Waals surface area contributed by atoms with Crippen molar-refractivity contribution in [2.24, 2.45) is 0 Å². The van der Waals surface area contributed by atoms with Gasteiger partial charge in [0.15, 0.2) is 18.1 Å². The molecule has 0 bridgehead atoms. The summed E-state index contributed by atoms with van der Waals surface area (Å²) in [4.78, 5) is 12.3. The summed E-state index contributed by atoms with van der Waals surface area (Å²) in [6, 6.07) is 18.4. The van der Waals surface area contributed by atoms with Crippen LogP contribution in [0.5, 0.6) is 11.5 Å². The lowest BCUT2D eigenvalue weighted by Gasteiger charge is -2.16. The maximum absolute atomic E-state index is 12.3. The lowest BCUT2D eigenvalue weighted by Crippen LogP contribution is -2.21. The van der Waals surface area contributed by atoms with Gasteiger partial charge in [-0.3, -0.25) is 4.79 Å². The first-order chi connectivity index (χ1) is 14.5. The predicted molar refractivity (Wildman–Crippen MR) is 122 cm³/mol. The molecule has 0 spiro atoms. The monoisotopic (exact) mass is 444 g/mol. The van der Waals surface area contributed by atoms with Crippen molar-refractivity contribution in [3.63, 3.8) is 0 Å². The van der Waals surface area contributed by atoms with Crippen LogP contribution in [0, 0.1) is 6.92 Å². The summed E-state index contributed by atoms with van der Waals surface area (Å²) < 4.78 is 11.2. The second-order valence-corrected chi connectivity index (χ2v) is 7.45. The molecular weight excluding hydrogens is 423 g/mol. The minimum absolute atomic E-state index is 0.145. The van der Waals surface area contributed by atoms with Gasteiger partial charge in [0.25, 0.3) is 5.91 Å². The fraction of sp³-hybridized carbons (Fsp3) is 0.174. The van der Waals surface area contributed by atoms with Crippen LogP contribution in [0.1, 0.15) is 11.1 Å². The fourth-order valence-corrected chi connectivity index (χ4v) is 3.10. The summed E-state index contributed by atoms with van der Waals surface area (Å²) in [6.45, 7) is 2.29. The topological polar surface area (TPSA) is 59.6 Å². The summed E-state index contributed by atoms with van der Waals surface area (Å²) >= 11 is 12.0. The van der Waals surface area contributed by atoms with Crippen LogP contribution in [0.4, 0.5) is 11.4 Å². The number of ether oxygens (including phenoxy) is 2. The van der Waals surface area contributed by atoms with Crippen molar-refractivity contribution in [3.05, 3.63) is 81.8 Å². The van der Waals surface area contributed by atoms with E-state index in [1.54, 1.807) is 25.3 Å². The van der Waals surface area contributed by atoms with E-state index in [-0.39, 0.29) is 12.5 Å². The molecule has 0 heterocycles. The van der Waals surface area contributed by atoms with Crippen molar-refractivity contribution >= 4 is 40.5 Å². The molecule has 0 aliphatic rings. The zero-order chi connectivity index (χ0) is 21.5. The van der Waals surface area contributed by atoms with Crippen LogP contribution in [0.25, 0.3) is 0 Å². The van der Waals surface area contributed by atoms with Gasteiger partial charge in [0.2, 0.25) is 0 Å². The highest BCUT2D eigenvalue weighted by Crippen LogP contribution is 2.32. The molecule has 3 aromatic carbocycles. The molecule has 3 aromatic rings. The van der Waals surface area contributed by atoms with Crippen molar-refractivity contribution in [3.8, 4) is 11.5 Å². The van der Waals surface area contributed by atoms with E-state index in [1.807, 2.05) is 49.4 Å². The van der Waals surface area contributed by atoms with Gasteiger partial charge in [-0.15, -0.1) is 0 Å². The zero-order valence-corrected chi connectivity index (χ0v) is 18.2. The van der Waals surface area contributed by atoms with Crippen molar-refractivity contribution in [2.45, 2.75) is 13.5 Å². The third-order valence-electron chi connectivity index (χ3n) is 4.37. The summed E-state index contributed by atoms with van der Waals surface area (Å²) in [5.74, 6) is 0.798. The first-order valence-electron chi connectivity index (χ1n) is 9.30. The van der Waals surface area contributed by atoms with Crippen LogP contribution in [0.15, 0.2) is 60.7 Å². The summed E-state index contributed by atoms with van der Waals surface area (Å²) in [6.07, 6.45) is 0. The number of para-hydroxylation sites is 1. The first-order valence-corrected chi connectivity index (χ1v) is 10.1. The van der Waals surface area contributed by atoms with E-state index < -0.39 is 0 Å². The summed E-state index contributed by atoms with van der Waals surface area (Å²) in [7, 11) is 1.56. The number of anilines is 2. The number of carbonyl (C=O) groups excluding carboxylic acids is 1.